The molecular weight excluding hydrogens is 206 g/mol. The number of hydrogen-bond donors (Lipinski definition) is 3. The predicted octanol–water partition coefficient (Wildman–Crippen LogP) is 1.25. The Morgan fingerprint density at radius 1 is 1.56 bits per heavy atom. The molecule has 0 saturated heterocycles. The van der Waals surface area contributed by atoms with Crippen LogP contribution < -0.4 is 15.8 Å². The predicted molar refractivity (Wildman–Crippen MR) is 64.6 cm³/mol. The molecule has 1 unspecified atom stereocenters. The molecular formula is C11H19N3O2. The number of hydrogen-bond acceptors (Lipinski definition) is 5. The zero-order chi connectivity index (χ0) is 12.0. The van der Waals surface area contributed by atoms with Crippen molar-refractivity contribution in [3.63, 3.8) is 0 Å². The van der Waals surface area contributed by atoms with Crippen molar-refractivity contribution in [2.45, 2.75) is 25.8 Å². The molecule has 5 nitrogen and oxygen atoms in total. The number of ether oxygens (including phenoxy) is 1. The molecule has 1 aromatic rings. The second kappa shape index (κ2) is 6.17. The van der Waals surface area contributed by atoms with Crippen molar-refractivity contribution >= 4 is 11.5 Å². The lowest BCUT2D eigenvalue weighted by Crippen LogP contribution is -2.16. The van der Waals surface area contributed by atoms with Crippen molar-refractivity contribution in [2.24, 2.45) is 0 Å². The van der Waals surface area contributed by atoms with Crippen LogP contribution in [0.4, 0.5) is 11.5 Å². The van der Waals surface area contributed by atoms with Gasteiger partial charge in [0.15, 0.2) is 0 Å². The second-order valence-corrected chi connectivity index (χ2v) is 3.71. The van der Waals surface area contributed by atoms with E-state index in [2.05, 4.69) is 10.3 Å². The molecule has 5 heteroatoms. The lowest BCUT2D eigenvalue weighted by Gasteiger charge is -2.14. The van der Waals surface area contributed by atoms with Crippen LogP contribution in [0.2, 0.25) is 0 Å². The maximum Gasteiger partial charge on any atom is 0.238 e. The van der Waals surface area contributed by atoms with E-state index in [1.165, 1.54) is 7.11 Å². The minimum Gasteiger partial charge on any atom is -0.479 e. The zero-order valence-electron chi connectivity index (χ0n) is 9.73. The van der Waals surface area contributed by atoms with Crippen molar-refractivity contribution in [3.8, 4) is 5.88 Å². The number of nitrogens with two attached hydrogens (primary N) is 1. The Labute approximate surface area is 95.6 Å². The zero-order valence-corrected chi connectivity index (χ0v) is 9.73. The average Bonchev–Trinajstić information content (AvgIpc) is 2.29. The number of methoxy groups -OCH3 is 1. The Bertz CT molecular complexity index is 331. The fourth-order valence-electron chi connectivity index (χ4n) is 1.42. The van der Waals surface area contributed by atoms with Crippen LogP contribution in [0.15, 0.2) is 12.1 Å². The van der Waals surface area contributed by atoms with Gasteiger partial charge in [0.05, 0.1) is 12.8 Å². The first-order valence-corrected chi connectivity index (χ1v) is 5.35. The number of rotatable bonds is 6. The van der Waals surface area contributed by atoms with E-state index in [4.69, 9.17) is 15.6 Å². The minimum absolute atomic E-state index is 0.213. The van der Waals surface area contributed by atoms with Gasteiger partial charge in [0, 0.05) is 12.6 Å². The van der Waals surface area contributed by atoms with E-state index >= 15 is 0 Å². The van der Waals surface area contributed by atoms with Crippen molar-refractivity contribution in [1.82, 2.24) is 4.98 Å². The first kappa shape index (κ1) is 12.6. The summed E-state index contributed by atoms with van der Waals surface area (Å²) in [6.45, 7) is 2.25. The van der Waals surface area contributed by atoms with Gasteiger partial charge in [-0.25, -0.2) is 0 Å². The van der Waals surface area contributed by atoms with Crippen molar-refractivity contribution in [3.05, 3.63) is 12.1 Å². The van der Waals surface area contributed by atoms with Gasteiger partial charge in [0.2, 0.25) is 5.88 Å². The highest BCUT2D eigenvalue weighted by molar-refractivity contribution is 5.53. The van der Waals surface area contributed by atoms with Gasteiger partial charge in [-0.1, -0.05) is 0 Å². The normalized spacial score (nSPS) is 12.2. The topological polar surface area (TPSA) is 80.4 Å². The molecule has 0 aromatic carbocycles. The molecule has 90 valence electrons. The SMILES string of the molecule is COc1nc(NC(C)CCCO)ccc1N. The van der Waals surface area contributed by atoms with Gasteiger partial charge in [0.25, 0.3) is 0 Å². The Kier molecular flexibility index (Phi) is 4.85. The van der Waals surface area contributed by atoms with Gasteiger partial charge >= 0.3 is 0 Å². The fraction of sp³-hybridized carbons (Fsp3) is 0.545. The van der Waals surface area contributed by atoms with Crippen LogP contribution in [0.5, 0.6) is 5.88 Å². The van der Waals surface area contributed by atoms with E-state index in [-0.39, 0.29) is 12.6 Å². The van der Waals surface area contributed by atoms with Crippen molar-refractivity contribution in [1.29, 1.82) is 0 Å². The number of pyridine rings is 1. The number of nitrogens with zero attached hydrogens (tertiary/aromatic N) is 1. The van der Waals surface area contributed by atoms with Gasteiger partial charge in [-0.3, -0.25) is 0 Å². The van der Waals surface area contributed by atoms with Crippen LogP contribution in [0.3, 0.4) is 0 Å². The summed E-state index contributed by atoms with van der Waals surface area (Å²) in [7, 11) is 1.54. The summed E-state index contributed by atoms with van der Waals surface area (Å²) in [6, 6.07) is 3.83. The quantitative estimate of drug-likeness (QED) is 0.679. The Balaban J connectivity index is 2.59. The largest absolute Gasteiger partial charge is 0.479 e. The Morgan fingerprint density at radius 3 is 2.94 bits per heavy atom. The standard InChI is InChI=1S/C11H19N3O2/c1-8(4-3-7-15)13-10-6-5-9(12)11(14-10)16-2/h5-6,8,15H,3-4,7,12H2,1-2H3,(H,13,14). The molecule has 0 bridgehead atoms. The molecule has 1 rings (SSSR count). The summed E-state index contributed by atoms with van der Waals surface area (Å²) in [5.74, 6) is 1.16. The highest BCUT2D eigenvalue weighted by Crippen LogP contribution is 2.20. The summed E-state index contributed by atoms with van der Waals surface area (Å²) in [4.78, 5) is 4.22. The molecule has 0 fully saturated rings. The third-order valence-corrected chi connectivity index (χ3v) is 2.27. The molecule has 1 heterocycles. The van der Waals surface area contributed by atoms with Gasteiger partial charge in [-0.2, -0.15) is 4.98 Å². The third-order valence-electron chi connectivity index (χ3n) is 2.27. The van der Waals surface area contributed by atoms with E-state index in [9.17, 15) is 0 Å². The minimum atomic E-state index is 0.213. The molecule has 0 aliphatic heterocycles. The van der Waals surface area contributed by atoms with Crippen LogP contribution in [-0.2, 0) is 0 Å². The van der Waals surface area contributed by atoms with Gasteiger partial charge in [-0.05, 0) is 31.9 Å². The van der Waals surface area contributed by atoms with E-state index in [1.807, 2.05) is 13.0 Å². The van der Waals surface area contributed by atoms with E-state index in [0.717, 1.165) is 18.7 Å². The molecule has 0 saturated carbocycles. The Morgan fingerprint density at radius 2 is 2.31 bits per heavy atom. The number of aromatic nitrogens is 1. The van der Waals surface area contributed by atoms with Crippen LogP contribution in [0.25, 0.3) is 0 Å². The van der Waals surface area contributed by atoms with Crippen LogP contribution in [0.1, 0.15) is 19.8 Å². The first-order chi connectivity index (χ1) is 7.67. The highest BCUT2D eigenvalue weighted by Gasteiger charge is 2.05. The summed E-state index contributed by atoms with van der Waals surface area (Å²) in [5.41, 5.74) is 6.19. The fourth-order valence-corrected chi connectivity index (χ4v) is 1.42. The van der Waals surface area contributed by atoms with E-state index < -0.39 is 0 Å². The van der Waals surface area contributed by atoms with E-state index in [1.54, 1.807) is 6.07 Å². The lowest BCUT2D eigenvalue weighted by atomic mass is 10.2. The van der Waals surface area contributed by atoms with Crippen LogP contribution >= 0.6 is 0 Å². The van der Waals surface area contributed by atoms with Gasteiger partial charge in [-0.15, -0.1) is 0 Å². The summed E-state index contributed by atoms with van der Waals surface area (Å²) < 4.78 is 5.03. The molecule has 4 N–H and O–H groups in total. The smallest absolute Gasteiger partial charge is 0.238 e. The molecule has 0 aliphatic rings. The maximum absolute atomic E-state index is 8.72. The molecule has 0 amide bonds. The lowest BCUT2D eigenvalue weighted by molar-refractivity contribution is 0.282. The monoisotopic (exact) mass is 225 g/mol. The molecule has 0 aliphatic carbocycles. The van der Waals surface area contributed by atoms with Crippen LogP contribution in [-0.4, -0.2) is 29.8 Å². The number of nitrogens with one attached hydrogen (secondary N) is 1. The summed E-state index contributed by atoms with van der Waals surface area (Å²) in [5, 5.41) is 11.9. The highest BCUT2D eigenvalue weighted by atomic mass is 16.5. The van der Waals surface area contributed by atoms with Crippen molar-refractivity contribution < 1.29 is 9.84 Å². The number of aliphatic hydroxyl groups excluding tert-OH is 1. The molecule has 16 heavy (non-hydrogen) atoms. The van der Waals surface area contributed by atoms with Crippen molar-refractivity contribution in [2.75, 3.05) is 24.8 Å². The average molecular weight is 225 g/mol. The number of nitrogen functional groups attached to an aromatic ring is 1. The Hall–Kier alpha value is -1.49. The second-order valence-electron chi connectivity index (χ2n) is 3.71. The molecule has 0 spiro atoms. The maximum atomic E-state index is 8.72. The number of aliphatic hydroxyl groups is 1. The summed E-state index contributed by atoms with van der Waals surface area (Å²) in [6.07, 6.45) is 1.67. The number of anilines is 2. The van der Waals surface area contributed by atoms with Gasteiger partial charge < -0.3 is 20.9 Å². The summed E-state index contributed by atoms with van der Waals surface area (Å²) >= 11 is 0. The van der Waals surface area contributed by atoms with E-state index in [0.29, 0.717) is 11.6 Å². The third kappa shape index (κ3) is 3.58. The van der Waals surface area contributed by atoms with Crippen LogP contribution in [0, 0.1) is 0 Å². The van der Waals surface area contributed by atoms with Gasteiger partial charge in [0.1, 0.15) is 5.82 Å². The molecule has 1 aromatic heterocycles. The molecule has 0 radical (unpaired) electrons. The first-order valence-electron chi connectivity index (χ1n) is 5.35. The molecule has 1 atom stereocenters.